The van der Waals surface area contributed by atoms with Gasteiger partial charge in [-0.2, -0.15) is 5.26 Å². The molecule has 2 aromatic heterocycles. The average molecular weight is 500 g/mol. The Morgan fingerprint density at radius 3 is 2.44 bits per heavy atom. The third kappa shape index (κ3) is 3.88. The summed E-state index contributed by atoms with van der Waals surface area (Å²) in [5, 5.41) is 11.1. The lowest BCUT2D eigenvalue weighted by molar-refractivity contribution is 0.324. The van der Waals surface area contributed by atoms with E-state index >= 15 is 0 Å². The van der Waals surface area contributed by atoms with E-state index in [4.69, 9.17) is 4.74 Å². The predicted molar refractivity (Wildman–Crippen MR) is 137 cm³/mol. The second kappa shape index (κ2) is 8.95. The molecule has 0 bridgehead atoms. The summed E-state index contributed by atoms with van der Waals surface area (Å²) in [6.07, 6.45) is 8.04. The first-order chi connectivity index (χ1) is 17.5. The maximum Gasteiger partial charge on any atom is 0.321 e. The normalized spacial score (nSPS) is 17.5. The number of fused-ring (bicyclic) bond motifs is 1. The molecule has 0 amide bonds. The highest BCUT2D eigenvalue weighted by Gasteiger charge is 2.29. The maximum atomic E-state index is 12.6. The summed E-state index contributed by atoms with van der Waals surface area (Å²) in [6.45, 7) is 0.501. The highest BCUT2D eigenvalue weighted by molar-refractivity contribution is 7.92. The number of benzene rings is 2. The summed E-state index contributed by atoms with van der Waals surface area (Å²) in [7, 11) is -3.28. The molecule has 182 valence electrons. The number of nitrogens with zero attached hydrogens (tertiary/aromatic N) is 5. The Kier molecular flexibility index (Phi) is 5.61. The minimum atomic E-state index is -3.28. The van der Waals surface area contributed by atoms with Crippen LogP contribution in [0.5, 0.6) is 11.8 Å². The summed E-state index contributed by atoms with van der Waals surface area (Å²) in [6, 6.07) is 18.0. The lowest BCUT2D eigenvalue weighted by Gasteiger charge is -2.30. The predicted octanol–water partition coefficient (Wildman–Crippen LogP) is 5.42. The van der Waals surface area contributed by atoms with Gasteiger partial charge in [0.15, 0.2) is 0 Å². The van der Waals surface area contributed by atoms with Crippen molar-refractivity contribution in [1.29, 1.82) is 5.26 Å². The molecule has 1 aliphatic carbocycles. The Morgan fingerprint density at radius 2 is 1.78 bits per heavy atom. The number of hydrogen-bond donors (Lipinski definition) is 0. The van der Waals surface area contributed by atoms with E-state index in [-0.39, 0.29) is 17.8 Å². The zero-order valence-electron chi connectivity index (χ0n) is 19.7. The highest BCUT2D eigenvalue weighted by Crippen LogP contribution is 2.44. The van der Waals surface area contributed by atoms with Gasteiger partial charge in [0.05, 0.1) is 28.2 Å². The summed E-state index contributed by atoms with van der Waals surface area (Å²) in [5.74, 6) is 0.787. The molecule has 2 aromatic carbocycles. The third-order valence-corrected chi connectivity index (χ3v) is 8.93. The number of nitriles is 1. The van der Waals surface area contributed by atoms with Gasteiger partial charge in [-0.3, -0.25) is 4.31 Å². The van der Waals surface area contributed by atoms with Gasteiger partial charge in [-0.05, 0) is 68.0 Å². The smallest absolute Gasteiger partial charge is 0.321 e. The number of hydrogen-bond acceptors (Lipinski definition) is 6. The summed E-state index contributed by atoms with van der Waals surface area (Å²) >= 11 is 0. The van der Waals surface area contributed by atoms with Crippen LogP contribution in [-0.2, 0) is 10.0 Å². The molecule has 0 atom stereocenters. The van der Waals surface area contributed by atoms with Crippen molar-refractivity contribution in [2.24, 2.45) is 0 Å². The van der Waals surface area contributed by atoms with Gasteiger partial charge in [0.2, 0.25) is 10.0 Å². The van der Waals surface area contributed by atoms with Gasteiger partial charge in [0.25, 0.3) is 0 Å². The van der Waals surface area contributed by atoms with Crippen molar-refractivity contribution in [3.8, 4) is 29.1 Å². The molecule has 3 heterocycles. The van der Waals surface area contributed by atoms with Crippen LogP contribution in [0.3, 0.4) is 0 Å². The summed E-state index contributed by atoms with van der Waals surface area (Å²) in [4.78, 5) is 8.29. The van der Waals surface area contributed by atoms with Crippen LogP contribution < -0.4 is 9.04 Å². The molecule has 2 aliphatic rings. The number of anilines is 1. The van der Waals surface area contributed by atoms with Crippen molar-refractivity contribution >= 4 is 26.6 Å². The van der Waals surface area contributed by atoms with E-state index in [0.717, 1.165) is 47.8 Å². The molecule has 6 rings (SSSR count). The SMILES string of the molecule is N#Cc1c(-c2ccc(N3CCCCS3(=O)=O)cc2)n(C2CCC2)c2cc(Oc3ncccn3)ccc12. The van der Waals surface area contributed by atoms with Gasteiger partial charge in [-0.15, -0.1) is 0 Å². The van der Waals surface area contributed by atoms with Crippen molar-refractivity contribution in [2.75, 3.05) is 16.6 Å². The lowest BCUT2D eigenvalue weighted by Crippen LogP contribution is -2.37. The molecular formula is C27H25N5O3S. The molecule has 4 aromatic rings. The van der Waals surface area contributed by atoms with Crippen molar-refractivity contribution in [3.63, 3.8) is 0 Å². The monoisotopic (exact) mass is 499 g/mol. The van der Waals surface area contributed by atoms with Crippen LogP contribution in [0.1, 0.15) is 43.7 Å². The van der Waals surface area contributed by atoms with Crippen molar-refractivity contribution in [3.05, 3.63) is 66.5 Å². The van der Waals surface area contributed by atoms with Gasteiger partial charge in [0, 0.05) is 36.4 Å². The fourth-order valence-electron chi connectivity index (χ4n) is 5.08. The molecule has 1 saturated heterocycles. The van der Waals surface area contributed by atoms with Crippen LogP contribution >= 0.6 is 0 Å². The van der Waals surface area contributed by atoms with Crippen molar-refractivity contribution < 1.29 is 13.2 Å². The van der Waals surface area contributed by atoms with Crippen LogP contribution in [0.15, 0.2) is 60.9 Å². The van der Waals surface area contributed by atoms with Crippen LogP contribution in [0.2, 0.25) is 0 Å². The Morgan fingerprint density at radius 1 is 1.00 bits per heavy atom. The Bertz CT molecular complexity index is 1570. The first-order valence-corrected chi connectivity index (χ1v) is 13.8. The lowest BCUT2D eigenvalue weighted by atomic mass is 9.92. The van der Waals surface area contributed by atoms with Gasteiger partial charge in [0.1, 0.15) is 11.8 Å². The molecule has 1 aliphatic heterocycles. The van der Waals surface area contributed by atoms with Gasteiger partial charge >= 0.3 is 6.01 Å². The summed E-state index contributed by atoms with van der Waals surface area (Å²) in [5.41, 5.74) is 3.96. The maximum absolute atomic E-state index is 12.6. The molecule has 9 heteroatoms. The van der Waals surface area contributed by atoms with Gasteiger partial charge in [-0.25, -0.2) is 18.4 Å². The Hall–Kier alpha value is -3.90. The topological polar surface area (TPSA) is 101 Å². The van der Waals surface area contributed by atoms with E-state index in [9.17, 15) is 13.7 Å². The van der Waals surface area contributed by atoms with E-state index in [1.807, 2.05) is 42.5 Å². The fraction of sp³-hybridized carbons (Fsp3) is 0.296. The van der Waals surface area contributed by atoms with Crippen LogP contribution in [0.4, 0.5) is 5.69 Å². The molecule has 8 nitrogen and oxygen atoms in total. The molecule has 2 fully saturated rings. The van der Waals surface area contributed by atoms with Crippen LogP contribution in [0, 0.1) is 11.3 Å². The molecular weight excluding hydrogens is 474 g/mol. The van der Waals surface area contributed by atoms with E-state index in [1.54, 1.807) is 18.5 Å². The summed E-state index contributed by atoms with van der Waals surface area (Å²) < 4.78 is 34.8. The first kappa shape index (κ1) is 22.6. The zero-order chi connectivity index (χ0) is 24.7. The molecule has 1 saturated carbocycles. The minimum Gasteiger partial charge on any atom is -0.424 e. The number of ether oxygens (including phenoxy) is 1. The number of rotatable bonds is 5. The van der Waals surface area contributed by atoms with E-state index in [0.29, 0.717) is 30.0 Å². The van der Waals surface area contributed by atoms with Gasteiger partial charge in [-0.1, -0.05) is 12.1 Å². The Balaban J connectivity index is 1.45. The van der Waals surface area contributed by atoms with Crippen molar-refractivity contribution in [1.82, 2.24) is 14.5 Å². The van der Waals surface area contributed by atoms with E-state index in [1.165, 1.54) is 4.31 Å². The molecule has 0 N–H and O–H groups in total. The molecule has 36 heavy (non-hydrogen) atoms. The van der Waals surface area contributed by atoms with Gasteiger partial charge < -0.3 is 9.30 Å². The van der Waals surface area contributed by atoms with Crippen LogP contribution in [0.25, 0.3) is 22.2 Å². The number of aromatic nitrogens is 3. The molecule has 0 radical (unpaired) electrons. The minimum absolute atomic E-state index is 0.182. The highest BCUT2D eigenvalue weighted by atomic mass is 32.2. The standard InChI is InChI=1S/C27H25N5O3S/c28-18-24-23-12-11-22(35-27-29-13-4-14-30-27)17-25(23)32(21-5-3-6-21)26(24)19-7-9-20(10-8-19)31-15-1-2-16-36(31,33)34/h4,7-14,17,21H,1-3,5-6,15-16H2. The third-order valence-electron chi connectivity index (χ3n) is 7.06. The average Bonchev–Trinajstić information content (AvgIpc) is 3.17. The fourth-order valence-corrected chi connectivity index (χ4v) is 6.72. The first-order valence-electron chi connectivity index (χ1n) is 12.2. The molecule has 0 unspecified atom stereocenters. The Labute approximate surface area is 209 Å². The van der Waals surface area contributed by atoms with E-state index in [2.05, 4.69) is 20.6 Å². The van der Waals surface area contributed by atoms with Crippen LogP contribution in [-0.4, -0.2) is 35.3 Å². The van der Waals surface area contributed by atoms with E-state index < -0.39 is 10.0 Å². The largest absolute Gasteiger partial charge is 0.424 e. The quantitative estimate of drug-likeness (QED) is 0.364. The number of sulfonamides is 1. The second-order valence-electron chi connectivity index (χ2n) is 9.24. The zero-order valence-corrected chi connectivity index (χ0v) is 20.5. The molecule has 0 spiro atoms. The second-order valence-corrected chi connectivity index (χ2v) is 11.3. The van der Waals surface area contributed by atoms with Crippen molar-refractivity contribution in [2.45, 2.75) is 38.1 Å².